The molecular formula is C9H17S. The molecule has 0 atom stereocenters. The topological polar surface area (TPSA) is 0 Å². The summed E-state index contributed by atoms with van der Waals surface area (Å²) in [6.07, 6.45) is 3.64. The lowest BCUT2D eigenvalue weighted by Gasteiger charge is -1.98. The smallest absolute Gasteiger partial charge is 0.0163 e. The number of hydrogen-bond donors (Lipinski definition) is 0. The first-order valence-electron chi connectivity index (χ1n) is 3.85. The molecule has 0 aromatic carbocycles. The van der Waals surface area contributed by atoms with Crippen LogP contribution < -0.4 is 0 Å². The van der Waals surface area contributed by atoms with Crippen LogP contribution in [-0.2, 0) is 0 Å². The second-order valence-corrected chi connectivity index (χ2v) is 3.58. The second kappa shape index (κ2) is 7.20. The molecule has 0 bridgehead atoms. The molecule has 0 saturated carbocycles. The van der Waals surface area contributed by atoms with E-state index < -0.39 is 0 Å². The van der Waals surface area contributed by atoms with Gasteiger partial charge in [-0.15, -0.1) is 6.58 Å². The van der Waals surface area contributed by atoms with Crippen LogP contribution in [-0.4, -0.2) is 5.75 Å². The molecule has 10 heavy (non-hydrogen) atoms. The third kappa shape index (κ3) is 8.09. The number of thioether (sulfide) groups is 1. The largest absolute Gasteiger partial charge is 0.157 e. The Labute approximate surface area is 69.1 Å². The summed E-state index contributed by atoms with van der Waals surface area (Å²) in [5.41, 5.74) is 1.30. The number of allylic oxidation sites excluding steroid dienone is 1. The van der Waals surface area contributed by atoms with E-state index in [1.54, 1.807) is 0 Å². The third-order valence-corrected chi connectivity index (χ3v) is 2.24. The summed E-state index contributed by atoms with van der Waals surface area (Å²) < 4.78 is 0. The highest BCUT2D eigenvalue weighted by Crippen LogP contribution is 2.12. The van der Waals surface area contributed by atoms with Crippen LogP contribution in [0.15, 0.2) is 12.2 Å². The lowest BCUT2D eigenvalue weighted by Crippen LogP contribution is -1.80. The minimum Gasteiger partial charge on any atom is -0.157 e. The van der Waals surface area contributed by atoms with Gasteiger partial charge in [0.2, 0.25) is 0 Å². The monoisotopic (exact) mass is 157 g/mol. The van der Waals surface area contributed by atoms with Gasteiger partial charge in [0.05, 0.1) is 0 Å². The number of hydrogen-bond acceptors (Lipinski definition) is 1. The van der Waals surface area contributed by atoms with Crippen LogP contribution in [0.3, 0.4) is 0 Å². The molecule has 1 heteroatoms. The van der Waals surface area contributed by atoms with Gasteiger partial charge in [-0.2, -0.15) is 11.8 Å². The van der Waals surface area contributed by atoms with Crippen LogP contribution in [0.5, 0.6) is 0 Å². The van der Waals surface area contributed by atoms with Crippen LogP contribution in [0.2, 0.25) is 0 Å². The summed E-state index contributed by atoms with van der Waals surface area (Å²) in [6.45, 7) is 8.12. The molecule has 0 aromatic rings. The average molecular weight is 157 g/mol. The molecule has 0 heterocycles. The van der Waals surface area contributed by atoms with Crippen LogP contribution in [0.25, 0.3) is 0 Å². The Morgan fingerprint density at radius 1 is 1.60 bits per heavy atom. The molecule has 0 nitrogen and oxygen atoms in total. The standard InChI is InChI=1S/C9H17S/c1-4-7-10-8-5-6-9(2)3/h7H,2,4-6,8H2,1,3H3. The van der Waals surface area contributed by atoms with Crippen LogP contribution in [0.4, 0.5) is 0 Å². The summed E-state index contributed by atoms with van der Waals surface area (Å²) in [7, 11) is 0. The van der Waals surface area contributed by atoms with Crippen molar-refractivity contribution in [2.24, 2.45) is 0 Å². The first-order valence-corrected chi connectivity index (χ1v) is 4.90. The first-order chi connectivity index (χ1) is 4.77. The predicted molar refractivity (Wildman–Crippen MR) is 51.1 cm³/mol. The summed E-state index contributed by atoms with van der Waals surface area (Å²) in [6, 6.07) is 0. The van der Waals surface area contributed by atoms with Gasteiger partial charge in [-0.1, -0.05) is 12.5 Å². The van der Waals surface area contributed by atoms with Crippen molar-refractivity contribution in [1.29, 1.82) is 0 Å². The van der Waals surface area contributed by atoms with Gasteiger partial charge in [-0.3, -0.25) is 0 Å². The van der Waals surface area contributed by atoms with E-state index >= 15 is 0 Å². The van der Waals surface area contributed by atoms with Crippen molar-refractivity contribution in [3.8, 4) is 0 Å². The van der Waals surface area contributed by atoms with E-state index in [0.29, 0.717) is 0 Å². The molecule has 0 rings (SSSR count). The van der Waals surface area contributed by atoms with Crippen molar-refractivity contribution in [2.75, 3.05) is 5.75 Å². The maximum atomic E-state index is 3.85. The summed E-state index contributed by atoms with van der Waals surface area (Å²) in [4.78, 5) is 0. The summed E-state index contributed by atoms with van der Waals surface area (Å²) >= 11 is 1.93. The lowest BCUT2D eigenvalue weighted by molar-refractivity contribution is 0.920. The van der Waals surface area contributed by atoms with E-state index in [-0.39, 0.29) is 0 Å². The molecule has 59 valence electrons. The Hall–Kier alpha value is 0.0900. The molecule has 0 amide bonds. The molecule has 0 N–H and O–H groups in total. The molecule has 0 unspecified atom stereocenters. The van der Waals surface area contributed by atoms with Crippen molar-refractivity contribution in [2.45, 2.75) is 33.1 Å². The normalized spacial score (nSPS) is 9.80. The van der Waals surface area contributed by atoms with Crippen molar-refractivity contribution in [3.05, 3.63) is 17.9 Å². The van der Waals surface area contributed by atoms with Gasteiger partial charge in [0.25, 0.3) is 0 Å². The molecule has 0 aromatic heterocycles. The third-order valence-electron chi connectivity index (χ3n) is 1.15. The van der Waals surface area contributed by atoms with Crippen molar-refractivity contribution in [1.82, 2.24) is 0 Å². The van der Waals surface area contributed by atoms with E-state index in [1.165, 1.54) is 30.6 Å². The Morgan fingerprint density at radius 3 is 2.80 bits per heavy atom. The fourth-order valence-corrected chi connectivity index (χ4v) is 1.37. The minimum atomic E-state index is 1.18. The van der Waals surface area contributed by atoms with E-state index in [1.807, 2.05) is 11.8 Å². The quantitative estimate of drug-likeness (QED) is 0.419. The van der Waals surface area contributed by atoms with Crippen molar-refractivity contribution >= 4 is 11.8 Å². The van der Waals surface area contributed by atoms with Crippen LogP contribution in [0.1, 0.15) is 33.1 Å². The maximum absolute atomic E-state index is 3.85. The summed E-state index contributed by atoms with van der Waals surface area (Å²) in [5.74, 6) is 3.51. The molecule has 0 spiro atoms. The Balaban J connectivity index is 2.84. The van der Waals surface area contributed by atoms with Crippen LogP contribution in [0, 0.1) is 5.75 Å². The Bertz CT molecular complexity index is 86.7. The van der Waals surface area contributed by atoms with E-state index in [9.17, 15) is 0 Å². The molecule has 1 radical (unpaired) electrons. The highest BCUT2D eigenvalue weighted by molar-refractivity contribution is 8.01. The highest BCUT2D eigenvalue weighted by atomic mass is 32.2. The van der Waals surface area contributed by atoms with Gasteiger partial charge in [-0.05, 0) is 31.9 Å². The molecule has 0 aliphatic heterocycles. The van der Waals surface area contributed by atoms with Crippen LogP contribution >= 0.6 is 11.8 Å². The molecule has 0 aliphatic carbocycles. The molecule has 0 fully saturated rings. The fourth-order valence-electron chi connectivity index (χ4n) is 0.658. The second-order valence-electron chi connectivity index (χ2n) is 2.51. The fraction of sp³-hybridized carbons (Fsp3) is 0.667. The zero-order valence-electron chi connectivity index (χ0n) is 7.02. The van der Waals surface area contributed by atoms with Gasteiger partial charge < -0.3 is 0 Å². The van der Waals surface area contributed by atoms with Crippen molar-refractivity contribution in [3.63, 3.8) is 0 Å². The average Bonchev–Trinajstić information content (AvgIpc) is 1.87. The van der Waals surface area contributed by atoms with Crippen molar-refractivity contribution < 1.29 is 0 Å². The molecule has 0 aliphatic rings. The zero-order chi connectivity index (χ0) is 7.82. The van der Waals surface area contributed by atoms with E-state index in [4.69, 9.17) is 0 Å². The maximum Gasteiger partial charge on any atom is 0.0163 e. The summed E-state index contributed by atoms with van der Waals surface area (Å²) in [5, 5.41) is 0. The SMILES string of the molecule is C=C(C)CCCS[CH]CC. The molecule has 0 saturated heterocycles. The van der Waals surface area contributed by atoms with Gasteiger partial charge in [0.15, 0.2) is 0 Å². The Morgan fingerprint density at radius 2 is 2.30 bits per heavy atom. The zero-order valence-corrected chi connectivity index (χ0v) is 7.84. The van der Waals surface area contributed by atoms with Gasteiger partial charge in [-0.25, -0.2) is 0 Å². The predicted octanol–water partition coefficient (Wildman–Crippen LogP) is 3.65. The van der Waals surface area contributed by atoms with Gasteiger partial charge >= 0.3 is 0 Å². The Kier molecular flexibility index (Phi) is 7.26. The van der Waals surface area contributed by atoms with E-state index in [0.717, 1.165) is 0 Å². The molecular weight excluding hydrogens is 140 g/mol. The van der Waals surface area contributed by atoms with Gasteiger partial charge in [0.1, 0.15) is 0 Å². The minimum absolute atomic E-state index is 1.18. The van der Waals surface area contributed by atoms with Gasteiger partial charge in [0, 0.05) is 5.75 Å². The van der Waals surface area contributed by atoms with E-state index in [2.05, 4.69) is 26.2 Å². The first kappa shape index (κ1) is 10.1. The lowest BCUT2D eigenvalue weighted by atomic mass is 10.2. The number of rotatable bonds is 6. The highest BCUT2D eigenvalue weighted by Gasteiger charge is 1.88.